The standard InChI is InChI=1S/C16H14O5/c17-9-20-14-8-13(10-4-2-1-3-5-10)21-15-7-11(18)6-12(19)16(14)15/h1-8,14,17-19H,9H2. The molecule has 0 amide bonds. The summed E-state index contributed by atoms with van der Waals surface area (Å²) >= 11 is 0. The molecule has 2 aromatic rings. The third-order valence-corrected chi connectivity index (χ3v) is 3.22. The SMILES string of the molecule is OCOC1C=C(c2ccccc2)Oc2cc(O)cc(O)c21. The monoisotopic (exact) mass is 286 g/mol. The molecule has 5 nitrogen and oxygen atoms in total. The number of ether oxygens (including phenoxy) is 2. The predicted octanol–water partition coefficient (Wildman–Crippen LogP) is 2.54. The lowest BCUT2D eigenvalue weighted by atomic mass is 10.0. The van der Waals surface area contributed by atoms with Gasteiger partial charge in [0.15, 0.2) is 0 Å². The molecule has 0 spiro atoms. The summed E-state index contributed by atoms with van der Waals surface area (Å²) in [6.45, 7) is -0.497. The van der Waals surface area contributed by atoms with Gasteiger partial charge >= 0.3 is 0 Å². The van der Waals surface area contributed by atoms with Crippen LogP contribution < -0.4 is 4.74 Å². The van der Waals surface area contributed by atoms with Crippen molar-refractivity contribution in [1.82, 2.24) is 0 Å². The van der Waals surface area contributed by atoms with Crippen molar-refractivity contribution >= 4 is 5.76 Å². The number of benzene rings is 2. The molecule has 1 heterocycles. The van der Waals surface area contributed by atoms with E-state index in [1.807, 2.05) is 30.3 Å². The minimum Gasteiger partial charge on any atom is -0.508 e. The molecule has 2 aromatic carbocycles. The van der Waals surface area contributed by atoms with E-state index in [9.17, 15) is 10.2 Å². The minimum atomic E-state index is -0.658. The highest BCUT2D eigenvalue weighted by atomic mass is 16.6. The fraction of sp³-hybridized carbons (Fsp3) is 0.125. The Bertz CT molecular complexity index is 679. The molecule has 0 radical (unpaired) electrons. The van der Waals surface area contributed by atoms with Crippen LogP contribution in [0, 0.1) is 0 Å². The lowest BCUT2D eigenvalue weighted by molar-refractivity contribution is -0.0346. The second-order valence-corrected chi connectivity index (χ2v) is 4.59. The largest absolute Gasteiger partial charge is 0.508 e. The molecule has 5 heteroatoms. The van der Waals surface area contributed by atoms with E-state index in [4.69, 9.17) is 14.6 Å². The summed E-state index contributed by atoms with van der Waals surface area (Å²) in [5.41, 5.74) is 1.21. The summed E-state index contributed by atoms with van der Waals surface area (Å²) in [6.07, 6.45) is 1.01. The van der Waals surface area contributed by atoms with Gasteiger partial charge in [0, 0.05) is 17.7 Å². The Morgan fingerprint density at radius 2 is 1.86 bits per heavy atom. The number of aliphatic hydroxyl groups is 1. The van der Waals surface area contributed by atoms with Crippen LogP contribution in [0.2, 0.25) is 0 Å². The lowest BCUT2D eigenvalue weighted by Gasteiger charge is -2.25. The van der Waals surface area contributed by atoms with Gasteiger partial charge in [0.05, 0.1) is 5.56 Å². The van der Waals surface area contributed by atoms with Gasteiger partial charge in [-0.2, -0.15) is 0 Å². The Morgan fingerprint density at radius 3 is 2.57 bits per heavy atom. The maximum Gasteiger partial charge on any atom is 0.144 e. The van der Waals surface area contributed by atoms with E-state index < -0.39 is 12.9 Å². The highest BCUT2D eigenvalue weighted by molar-refractivity contribution is 5.68. The van der Waals surface area contributed by atoms with Gasteiger partial charge in [-0.15, -0.1) is 0 Å². The molecule has 1 atom stereocenters. The third kappa shape index (κ3) is 2.56. The first kappa shape index (κ1) is 13.5. The third-order valence-electron chi connectivity index (χ3n) is 3.22. The van der Waals surface area contributed by atoms with Crippen molar-refractivity contribution in [1.29, 1.82) is 0 Å². The fourth-order valence-electron chi connectivity index (χ4n) is 2.31. The molecule has 0 saturated carbocycles. The highest BCUT2D eigenvalue weighted by Crippen LogP contribution is 2.44. The number of phenolic OH excluding ortho intramolecular Hbond substituents is 2. The molecule has 1 aliphatic rings. The van der Waals surface area contributed by atoms with Gasteiger partial charge in [-0.3, -0.25) is 0 Å². The number of aliphatic hydroxyl groups excluding tert-OH is 1. The van der Waals surface area contributed by atoms with Crippen LogP contribution in [-0.4, -0.2) is 22.1 Å². The summed E-state index contributed by atoms with van der Waals surface area (Å²) in [5, 5.41) is 28.6. The van der Waals surface area contributed by atoms with Crippen LogP contribution in [0.1, 0.15) is 17.2 Å². The maximum atomic E-state index is 9.96. The smallest absolute Gasteiger partial charge is 0.144 e. The highest BCUT2D eigenvalue weighted by Gasteiger charge is 2.27. The molecule has 1 aliphatic heterocycles. The van der Waals surface area contributed by atoms with Gasteiger partial charge in [-0.25, -0.2) is 0 Å². The zero-order valence-corrected chi connectivity index (χ0v) is 11.1. The molecule has 0 aromatic heterocycles. The second kappa shape index (κ2) is 5.47. The molecule has 0 fully saturated rings. The molecular formula is C16H14O5. The lowest BCUT2D eigenvalue weighted by Crippen LogP contribution is -2.12. The van der Waals surface area contributed by atoms with Crippen molar-refractivity contribution < 1.29 is 24.8 Å². The Morgan fingerprint density at radius 1 is 1.10 bits per heavy atom. The van der Waals surface area contributed by atoms with Crippen LogP contribution in [0.5, 0.6) is 17.2 Å². The minimum absolute atomic E-state index is 0.108. The Kier molecular flexibility index (Phi) is 3.51. The molecule has 21 heavy (non-hydrogen) atoms. The van der Waals surface area contributed by atoms with Crippen molar-refractivity contribution in [3.8, 4) is 17.2 Å². The van der Waals surface area contributed by atoms with E-state index in [0.29, 0.717) is 17.1 Å². The van der Waals surface area contributed by atoms with Gasteiger partial charge in [-0.05, 0) is 6.08 Å². The van der Waals surface area contributed by atoms with Gasteiger partial charge in [-0.1, -0.05) is 30.3 Å². The van der Waals surface area contributed by atoms with E-state index in [-0.39, 0.29) is 11.5 Å². The fourth-order valence-corrected chi connectivity index (χ4v) is 2.31. The Hall–Kier alpha value is -2.50. The van der Waals surface area contributed by atoms with Crippen LogP contribution in [0.4, 0.5) is 0 Å². The van der Waals surface area contributed by atoms with Crippen molar-refractivity contribution in [2.75, 3.05) is 6.79 Å². The van der Waals surface area contributed by atoms with Gasteiger partial charge in [0.1, 0.15) is 35.9 Å². The van der Waals surface area contributed by atoms with Crippen molar-refractivity contribution in [2.45, 2.75) is 6.10 Å². The van der Waals surface area contributed by atoms with Crippen LogP contribution >= 0.6 is 0 Å². The van der Waals surface area contributed by atoms with Crippen molar-refractivity contribution in [3.05, 3.63) is 59.7 Å². The molecule has 3 rings (SSSR count). The van der Waals surface area contributed by atoms with Gasteiger partial charge in [0.2, 0.25) is 0 Å². The van der Waals surface area contributed by atoms with E-state index in [1.165, 1.54) is 12.1 Å². The van der Waals surface area contributed by atoms with Gasteiger partial charge in [0.25, 0.3) is 0 Å². The average molecular weight is 286 g/mol. The Labute approximate surface area is 121 Å². The summed E-state index contributed by atoms with van der Waals surface area (Å²) in [7, 11) is 0. The molecule has 108 valence electrons. The second-order valence-electron chi connectivity index (χ2n) is 4.59. The Balaban J connectivity index is 2.08. The first-order valence-electron chi connectivity index (χ1n) is 6.42. The van der Waals surface area contributed by atoms with Crippen LogP contribution in [0.25, 0.3) is 5.76 Å². The number of phenols is 2. The number of hydrogen-bond acceptors (Lipinski definition) is 5. The molecule has 0 aliphatic carbocycles. The van der Waals surface area contributed by atoms with Crippen LogP contribution in [0.15, 0.2) is 48.5 Å². The first-order chi connectivity index (χ1) is 10.2. The zero-order chi connectivity index (χ0) is 14.8. The first-order valence-corrected chi connectivity index (χ1v) is 6.42. The topological polar surface area (TPSA) is 79.2 Å². The predicted molar refractivity (Wildman–Crippen MR) is 75.7 cm³/mol. The molecule has 3 N–H and O–H groups in total. The van der Waals surface area contributed by atoms with Crippen molar-refractivity contribution in [3.63, 3.8) is 0 Å². The summed E-state index contributed by atoms with van der Waals surface area (Å²) in [4.78, 5) is 0. The van der Waals surface area contributed by atoms with E-state index in [1.54, 1.807) is 6.08 Å². The summed E-state index contributed by atoms with van der Waals surface area (Å²) in [6, 6.07) is 12.0. The average Bonchev–Trinajstić information content (AvgIpc) is 2.47. The van der Waals surface area contributed by atoms with Crippen LogP contribution in [0.3, 0.4) is 0 Å². The number of aromatic hydroxyl groups is 2. The quantitative estimate of drug-likeness (QED) is 0.756. The molecule has 0 bridgehead atoms. The molecule has 1 unspecified atom stereocenters. The van der Waals surface area contributed by atoms with Crippen molar-refractivity contribution in [2.24, 2.45) is 0 Å². The van der Waals surface area contributed by atoms with E-state index in [0.717, 1.165) is 5.56 Å². The summed E-state index contributed by atoms with van der Waals surface area (Å²) < 4.78 is 11.0. The number of fused-ring (bicyclic) bond motifs is 1. The van der Waals surface area contributed by atoms with E-state index >= 15 is 0 Å². The molecular weight excluding hydrogens is 272 g/mol. The van der Waals surface area contributed by atoms with E-state index in [2.05, 4.69) is 0 Å². The number of rotatable bonds is 3. The van der Waals surface area contributed by atoms with Gasteiger partial charge < -0.3 is 24.8 Å². The maximum absolute atomic E-state index is 9.96. The summed E-state index contributed by atoms with van der Waals surface area (Å²) in [5.74, 6) is 0.578. The number of hydrogen-bond donors (Lipinski definition) is 3. The normalized spacial score (nSPS) is 16.8. The van der Waals surface area contributed by atoms with Crippen LogP contribution in [-0.2, 0) is 4.74 Å². The molecule has 0 saturated heterocycles. The zero-order valence-electron chi connectivity index (χ0n) is 11.1.